The predicted molar refractivity (Wildman–Crippen MR) is 103 cm³/mol. The van der Waals surface area contributed by atoms with Crippen LogP contribution < -0.4 is 4.90 Å². The number of aliphatic hydroxyl groups excluding tert-OH is 1. The Hall–Kier alpha value is -2.39. The number of fused-ring (bicyclic) bond motifs is 1. The highest BCUT2D eigenvalue weighted by atomic mass is 16.3. The van der Waals surface area contributed by atoms with E-state index >= 15 is 0 Å². The Labute approximate surface area is 148 Å². The second-order valence-electron chi connectivity index (χ2n) is 7.00. The van der Waals surface area contributed by atoms with Crippen molar-refractivity contribution < 1.29 is 5.11 Å². The van der Waals surface area contributed by atoms with Crippen LogP contribution in [0.2, 0.25) is 0 Å². The van der Waals surface area contributed by atoms with Crippen LogP contribution >= 0.6 is 0 Å². The van der Waals surface area contributed by atoms with Crippen molar-refractivity contribution in [3.8, 4) is 0 Å². The summed E-state index contributed by atoms with van der Waals surface area (Å²) in [6.07, 6.45) is 1.04. The van der Waals surface area contributed by atoms with Crippen molar-refractivity contribution in [3.63, 3.8) is 0 Å². The number of hydrogen-bond donors (Lipinski definition) is 1. The van der Waals surface area contributed by atoms with Crippen molar-refractivity contribution in [1.29, 1.82) is 0 Å². The van der Waals surface area contributed by atoms with Crippen molar-refractivity contribution in [2.45, 2.75) is 19.3 Å². The fraction of sp³-hybridized carbons (Fsp3) is 0.318. The van der Waals surface area contributed by atoms with Gasteiger partial charge in [0.25, 0.3) is 0 Å². The van der Waals surface area contributed by atoms with Crippen LogP contribution in [0.5, 0.6) is 0 Å². The Morgan fingerprint density at radius 2 is 1.84 bits per heavy atom. The van der Waals surface area contributed by atoms with Gasteiger partial charge in [-0.15, -0.1) is 0 Å². The highest BCUT2D eigenvalue weighted by Gasteiger charge is 2.31. The van der Waals surface area contributed by atoms with Crippen LogP contribution in [0.25, 0.3) is 10.8 Å². The number of benzene rings is 2. The quantitative estimate of drug-likeness (QED) is 0.783. The van der Waals surface area contributed by atoms with E-state index in [1.54, 1.807) is 0 Å². The van der Waals surface area contributed by atoms with Crippen LogP contribution in [-0.2, 0) is 0 Å². The van der Waals surface area contributed by atoms with Gasteiger partial charge in [-0.25, -0.2) is 4.98 Å². The Morgan fingerprint density at radius 3 is 2.64 bits per heavy atom. The number of aromatic nitrogens is 1. The molecule has 0 amide bonds. The van der Waals surface area contributed by atoms with Gasteiger partial charge < -0.3 is 10.0 Å². The molecule has 2 atom stereocenters. The molecule has 1 N–H and O–H groups in total. The minimum Gasteiger partial charge on any atom is -0.396 e. The van der Waals surface area contributed by atoms with Crippen LogP contribution in [0.3, 0.4) is 0 Å². The standard InChI is InChI=1S/C22H24N2O/c1-16-13-18-9-5-6-10-21(18)22(23-16)24-12-11-20(19(14-24)15-25)17-7-3-2-4-8-17/h2-10,13,19-20,25H,11-12,14-15H2,1H3/t19-,20+/m1/s1. The molecular weight excluding hydrogens is 308 g/mol. The van der Waals surface area contributed by atoms with E-state index < -0.39 is 0 Å². The van der Waals surface area contributed by atoms with Crippen LogP contribution in [0.15, 0.2) is 60.7 Å². The molecule has 0 aliphatic carbocycles. The van der Waals surface area contributed by atoms with E-state index in [2.05, 4.69) is 72.5 Å². The summed E-state index contributed by atoms with van der Waals surface area (Å²) >= 11 is 0. The zero-order chi connectivity index (χ0) is 17.2. The number of nitrogens with zero attached hydrogens (tertiary/aromatic N) is 2. The molecule has 3 heteroatoms. The van der Waals surface area contributed by atoms with Gasteiger partial charge in [0.2, 0.25) is 0 Å². The monoisotopic (exact) mass is 332 g/mol. The summed E-state index contributed by atoms with van der Waals surface area (Å²) in [4.78, 5) is 7.19. The van der Waals surface area contributed by atoms with Crippen LogP contribution in [0, 0.1) is 12.8 Å². The van der Waals surface area contributed by atoms with Crippen molar-refractivity contribution in [1.82, 2.24) is 4.98 Å². The normalized spacial score (nSPS) is 20.8. The third-order valence-corrected chi connectivity index (χ3v) is 5.34. The average Bonchev–Trinajstić information content (AvgIpc) is 2.67. The molecule has 25 heavy (non-hydrogen) atoms. The second kappa shape index (κ2) is 6.85. The number of aryl methyl sites for hydroxylation is 1. The first-order valence-electron chi connectivity index (χ1n) is 9.03. The van der Waals surface area contributed by atoms with Gasteiger partial charge in [-0.05, 0) is 36.3 Å². The van der Waals surface area contributed by atoms with Crippen LogP contribution in [0.4, 0.5) is 5.82 Å². The Balaban J connectivity index is 1.66. The SMILES string of the molecule is Cc1cc2ccccc2c(N2CC[C@@H](c3ccccc3)[C@@H](CO)C2)n1. The second-order valence-corrected chi connectivity index (χ2v) is 7.00. The molecule has 2 aromatic carbocycles. The average molecular weight is 332 g/mol. The fourth-order valence-electron chi connectivity index (χ4n) is 4.10. The van der Waals surface area contributed by atoms with E-state index in [0.29, 0.717) is 5.92 Å². The zero-order valence-electron chi connectivity index (χ0n) is 14.6. The van der Waals surface area contributed by atoms with Crippen LogP contribution in [0.1, 0.15) is 23.6 Å². The molecule has 0 spiro atoms. The van der Waals surface area contributed by atoms with E-state index in [0.717, 1.165) is 31.0 Å². The van der Waals surface area contributed by atoms with Gasteiger partial charge in [-0.1, -0.05) is 54.6 Å². The summed E-state index contributed by atoms with van der Waals surface area (Å²) in [6.45, 7) is 4.07. The van der Waals surface area contributed by atoms with Gasteiger partial charge >= 0.3 is 0 Å². The first-order chi connectivity index (χ1) is 12.3. The van der Waals surface area contributed by atoms with Crippen molar-refractivity contribution in [2.24, 2.45) is 5.92 Å². The molecule has 1 fully saturated rings. The number of aliphatic hydroxyl groups is 1. The van der Waals surface area contributed by atoms with Crippen LogP contribution in [-0.4, -0.2) is 29.8 Å². The first kappa shape index (κ1) is 16.1. The maximum atomic E-state index is 10.0. The molecule has 1 saturated heterocycles. The van der Waals surface area contributed by atoms with E-state index in [4.69, 9.17) is 4.98 Å². The molecular formula is C22H24N2O. The molecule has 3 nitrogen and oxygen atoms in total. The number of piperidine rings is 1. The topological polar surface area (TPSA) is 36.4 Å². The van der Waals surface area contributed by atoms with Crippen molar-refractivity contribution in [2.75, 3.05) is 24.6 Å². The molecule has 0 unspecified atom stereocenters. The molecule has 0 bridgehead atoms. The molecule has 2 heterocycles. The third-order valence-electron chi connectivity index (χ3n) is 5.34. The number of rotatable bonds is 3. The first-order valence-corrected chi connectivity index (χ1v) is 9.03. The van der Waals surface area contributed by atoms with E-state index in [-0.39, 0.29) is 12.5 Å². The Morgan fingerprint density at radius 1 is 1.08 bits per heavy atom. The van der Waals surface area contributed by atoms with E-state index in [1.165, 1.54) is 16.3 Å². The highest BCUT2D eigenvalue weighted by Crippen LogP contribution is 2.36. The summed E-state index contributed by atoms with van der Waals surface area (Å²) < 4.78 is 0. The smallest absolute Gasteiger partial charge is 0.136 e. The Kier molecular flexibility index (Phi) is 4.41. The van der Waals surface area contributed by atoms with E-state index in [1.807, 2.05) is 0 Å². The summed E-state index contributed by atoms with van der Waals surface area (Å²) in [6, 6.07) is 21.2. The van der Waals surface area contributed by atoms with Gasteiger partial charge in [0, 0.05) is 36.7 Å². The molecule has 4 rings (SSSR count). The van der Waals surface area contributed by atoms with Gasteiger partial charge in [-0.2, -0.15) is 0 Å². The summed E-state index contributed by atoms with van der Waals surface area (Å²) in [5.41, 5.74) is 2.38. The van der Waals surface area contributed by atoms with Gasteiger partial charge in [0.15, 0.2) is 0 Å². The summed E-state index contributed by atoms with van der Waals surface area (Å²) in [5.74, 6) is 1.70. The maximum absolute atomic E-state index is 10.0. The van der Waals surface area contributed by atoms with Gasteiger partial charge in [-0.3, -0.25) is 0 Å². The molecule has 1 aliphatic heterocycles. The lowest BCUT2D eigenvalue weighted by Crippen LogP contribution is -2.41. The lowest BCUT2D eigenvalue weighted by Gasteiger charge is -2.39. The zero-order valence-corrected chi connectivity index (χ0v) is 14.6. The maximum Gasteiger partial charge on any atom is 0.136 e. The number of hydrogen-bond acceptors (Lipinski definition) is 3. The molecule has 0 radical (unpaired) electrons. The minimum absolute atomic E-state index is 0.208. The summed E-state index contributed by atoms with van der Waals surface area (Å²) in [7, 11) is 0. The van der Waals surface area contributed by atoms with Crippen molar-refractivity contribution >= 4 is 16.6 Å². The Bertz CT molecular complexity index is 862. The van der Waals surface area contributed by atoms with E-state index in [9.17, 15) is 5.11 Å². The highest BCUT2D eigenvalue weighted by molar-refractivity contribution is 5.92. The molecule has 0 saturated carbocycles. The van der Waals surface area contributed by atoms with Gasteiger partial charge in [0.05, 0.1) is 0 Å². The third kappa shape index (κ3) is 3.12. The molecule has 128 valence electrons. The lowest BCUT2D eigenvalue weighted by atomic mass is 9.81. The minimum atomic E-state index is 0.208. The largest absolute Gasteiger partial charge is 0.396 e. The van der Waals surface area contributed by atoms with Gasteiger partial charge in [0.1, 0.15) is 5.82 Å². The molecule has 3 aromatic rings. The fourth-order valence-corrected chi connectivity index (χ4v) is 4.10. The predicted octanol–water partition coefficient (Wildman–Crippen LogP) is 4.15. The summed E-state index contributed by atoms with van der Waals surface area (Å²) in [5, 5.41) is 12.4. The lowest BCUT2D eigenvalue weighted by molar-refractivity contribution is 0.189. The van der Waals surface area contributed by atoms with Crippen molar-refractivity contribution in [3.05, 3.63) is 71.9 Å². The number of anilines is 1. The molecule has 1 aromatic heterocycles. The molecule has 1 aliphatic rings. The number of pyridine rings is 1.